The fraction of sp³-hybridized carbons (Fsp3) is 0.294. The third kappa shape index (κ3) is 9.37. The summed E-state index contributed by atoms with van der Waals surface area (Å²) in [5.74, 6) is 1.24. The van der Waals surface area contributed by atoms with E-state index in [0.717, 1.165) is 64.6 Å². The Morgan fingerprint density at radius 1 is 0.951 bits per heavy atom. The molecule has 4 aromatic rings. The molecule has 0 N–H and O–H groups in total. The summed E-state index contributed by atoms with van der Waals surface area (Å²) in [6, 6.07) is 23.5. The van der Waals surface area contributed by atoms with Crippen LogP contribution in [0.4, 0.5) is 0 Å². The van der Waals surface area contributed by atoms with E-state index in [9.17, 15) is 9.00 Å². The van der Waals surface area contributed by atoms with Gasteiger partial charge in [0.25, 0.3) is 0 Å². The van der Waals surface area contributed by atoms with E-state index < -0.39 is 10.8 Å². The predicted molar refractivity (Wildman–Crippen MR) is 165 cm³/mol. The van der Waals surface area contributed by atoms with Gasteiger partial charge >= 0.3 is 0 Å². The zero-order chi connectivity index (χ0) is 28.9. The summed E-state index contributed by atoms with van der Waals surface area (Å²) in [7, 11) is -1.17. The largest absolute Gasteiger partial charge is 0.491 e. The molecule has 0 unspecified atom stereocenters. The average Bonchev–Trinajstić information content (AvgIpc) is 3.45. The quantitative estimate of drug-likeness (QED) is 0.108. The van der Waals surface area contributed by atoms with Crippen LogP contribution in [-0.2, 0) is 39.0 Å². The van der Waals surface area contributed by atoms with Crippen LogP contribution in [0.25, 0.3) is 17.2 Å². The minimum absolute atomic E-state index is 0.0105. The van der Waals surface area contributed by atoms with E-state index in [1.807, 2.05) is 78.2 Å². The van der Waals surface area contributed by atoms with Gasteiger partial charge in [0.1, 0.15) is 12.4 Å². The maximum absolute atomic E-state index is 12.8. The Balaban J connectivity index is 1.28. The van der Waals surface area contributed by atoms with E-state index in [1.165, 1.54) is 0 Å². The molecule has 4 rings (SSSR count). The third-order valence-electron chi connectivity index (χ3n) is 6.66. The number of hydrogen-bond acceptors (Lipinski definition) is 5. The molecule has 0 aliphatic carbocycles. The van der Waals surface area contributed by atoms with Crippen LogP contribution in [0.1, 0.15) is 43.5 Å². The Labute approximate surface area is 245 Å². The molecule has 41 heavy (non-hydrogen) atoms. The van der Waals surface area contributed by atoms with E-state index >= 15 is 0 Å². The lowest BCUT2D eigenvalue weighted by Gasteiger charge is -2.08. The summed E-state index contributed by atoms with van der Waals surface area (Å²) in [6.45, 7) is 6.88. The Kier molecular flexibility index (Phi) is 11.7. The Bertz CT molecular complexity index is 1440. The number of nitrogens with zero attached hydrogens (tertiary/aromatic N) is 2. The number of aromatic nitrogens is 2. The van der Waals surface area contributed by atoms with Crippen LogP contribution in [0.3, 0.4) is 0 Å². The highest BCUT2D eigenvalue weighted by Crippen LogP contribution is 2.24. The number of carbonyl (C=O) groups is 1. The molecule has 1 atom stereocenters. The molecular weight excluding hydrogens is 532 g/mol. The van der Waals surface area contributed by atoms with Gasteiger partial charge in [0.15, 0.2) is 5.78 Å². The van der Waals surface area contributed by atoms with Crippen LogP contribution in [0.5, 0.6) is 5.75 Å². The molecule has 0 aliphatic heterocycles. The van der Waals surface area contributed by atoms with Crippen LogP contribution >= 0.6 is 0 Å². The molecule has 214 valence electrons. The Morgan fingerprint density at radius 2 is 1.76 bits per heavy atom. The predicted octanol–water partition coefficient (Wildman–Crippen LogP) is 6.90. The van der Waals surface area contributed by atoms with Crippen LogP contribution < -0.4 is 4.74 Å². The number of benzene rings is 3. The van der Waals surface area contributed by atoms with Gasteiger partial charge in [-0.2, -0.15) is 0 Å². The number of ketones is 1. The topological polar surface area (TPSA) is 70.4 Å². The molecule has 0 saturated heterocycles. The molecule has 0 spiro atoms. The highest BCUT2D eigenvalue weighted by atomic mass is 32.2. The zero-order valence-electron chi connectivity index (χ0n) is 23.8. The average molecular weight is 571 g/mol. The number of unbranched alkanes of at least 4 members (excludes halogenated alkanes) is 1. The van der Waals surface area contributed by atoms with Crippen molar-refractivity contribution in [1.29, 1.82) is 0 Å². The first-order valence-electron chi connectivity index (χ1n) is 14.1. The molecule has 0 amide bonds. The van der Waals surface area contributed by atoms with Gasteiger partial charge in [-0.25, -0.2) is 4.98 Å². The van der Waals surface area contributed by atoms with Gasteiger partial charge < -0.3 is 14.0 Å². The second kappa shape index (κ2) is 15.8. The van der Waals surface area contributed by atoms with Gasteiger partial charge in [0.2, 0.25) is 0 Å². The minimum Gasteiger partial charge on any atom is -0.491 e. The molecular formula is C34H38N2O4S. The maximum Gasteiger partial charge on any atom is 0.160 e. The summed E-state index contributed by atoms with van der Waals surface area (Å²) < 4.78 is 26.1. The Hall–Kier alpha value is -3.81. The number of ether oxygens (including phenoxy) is 2. The van der Waals surface area contributed by atoms with E-state index in [2.05, 4.69) is 24.0 Å². The molecule has 0 aliphatic rings. The molecule has 1 aromatic heterocycles. The first-order chi connectivity index (χ1) is 20.1. The molecule has 7 heteroatoms. The molecule has 1 heterocycles. The molecule has 0 saturated carbocycles. The van der Waals surface area contributed by atoms with Crippen molar-refractivity contribution < 1.29 is 18.5 Å². The van der Waals surface area contributed by atoms with Crippen LogP contribution in [0.15, 0.2) is 96.3 Å². The van der Waals surface area contributed by atoms with Crippen molar-refractivity contribution in [1.82, 2.24) is 9.55 Å². The normalized spacial score (nSPS) is 12.0. The first kappa shape index (κ1) is 30.2. The van der Waals surface area contributed by atoms with Crippen molar-refractivity contribution in [3.05, 3.63) is 108 Å². The Morgan fingerprint density at radius 3 is 2.51 bits per heavy atom. The summed E-state index contributed by atoms with van der Waals surface area (Å²) in [4.78, 5) is 17.5. The van der Waals surface area contributed by atoms with E-state index in [1.54, 1.807) is 18.6 Å². The standard InChI is InChI=1S/C34H38N2O4S/c1-3-5-19-39-20-21-40-33-15-12-29(13-16-33)30-8-6-7-27(22-30)9-14-32(37)23-28-10-17-34(18-11-28)41(38)25-31-24-35-26-36(31)4-2/h6-18,22,24,26H,3-5,19-21,23,25H2,1-2H3/b14-9+/t41-/m0/s1. The number of allylic oxidation sites excluding steroid dienone is 1. The SMILES string of the molecule is CCCCOCCOc1ccc(-c2cccc(/C=C/C(=O)Cc3ccc([S@@](=O)Cc4cncn4CC)cc3)c2)cc1. The van der Waals surface area contributed by atoms with Crippen molar-refractivity contribution >= 4 is 22.7 Å². The lowest BCUT2D eigenvalue weighted by Crippen LogP contribution is -2.07. The van der Waals surface area contributed by atoms with Crippen molar-refractivity contribution in [2.75, 3.05) is 19.8 Å². The molecule has 0 radical (unpaired) electrons. The lowest BCUT2D eigenvalue weighted by atomic mass is 10.0. The first-order valence-corrected chi connectivity index (χ1v) is 15.5. The van der Waals surface area contributed by atoms with Crippen molar-refractivity contribution in [2.45, 2.75) is 50.3 Å². The summed E-state index contributed by atoms with van der Waals surface area (Å²) >= 11 is 0. The number of hydrogen-bond donors (Lipinski definition) is 0. The van der Waals surface area contributed by atoms with Crippen molar-refractivity contribution in [2.24, 2.45) is 0 Å². The van der Waals surface area contributed by atoms with E-state index in [0.29, 0.717) is 19.0 Å². The van der Waals surface area contributed by atoms with Gasteiger partial charge in [-0.05, 0) is 72.0 Å². The van der Waals surface area contributed by atoms with Crippen LogP contribution in [0.2, 0.25) is 0 Å². The molecule has 6 nitrogen and oxygen atoms in total. The zero-order valence-corrected chi connectivity index (χ0v) is 24.6. The maximum atomic E-state index is 12.8. The summed E-state index contributed by atoms with van der Waals surface area (Å²) in [6.07, 6.45) is 9.48. The number of carbonyl (C=O) groups excluding carboxylic acids is 1. The van der Waals surface area contributed by atoms with Crippen molar-refractivity contribution in [3.8, 4) is 16.9 Å². The number of aryl methyl sites for hydroxylation is 1. The van der Waals surface area contributed by atoms with Gasteiger partial charge in [0, 0.05) is 30.7 Å². The fourth-order valence-electron chi connectivity index (χ4n) is 4.31. The summed E-state index contributed by atoms with van der Waals surface area (Å²) in [5, 5.41) is 0. The molecule has 3 aromatic carbocycles. The lowest BCUT2D eigenvalue weighted by molar-refractivity contribution is -0.113. The van der Waals surface area contributed by atoms with E-state index in [4.69, 9.17) is 9.47 Å². The highest BCUT2D eigenvalue weighted by molar-refractivity contribution is 7.84. The van der Waals surface area contributed by atoms with Gasteiger partial charge in [0.05, 0.1) is 35.2 Å². The van der Waals surface area contributed by atoms with Gasteiger partial charge in [-0.3, -0.25) is 9.00 Å². The molecule has 0 fully saturated rings. The van der Waals surface area contributed by atoms with Crippen LogP contribution in [0, 0.1) is 0 Å². The second-order valence-corrected chi connectivity index (χ2v) is 11.2. The highest BCUT2D eigenvalue weighted by Gasteiger charge is 2.10. The summed E-state index contributed by atoms with van der Waals surface area (Å²) in [5.41, 5.74) is 4.94. The van der Waals surface area contributed by atoms with E-state index in [-0.39, 0.29) is 12.2 Å². The van der Waals surface area contributed by atoms with Gasteiger partial charge in [-0.1, -0.05) is 61.9 Å². The fourth-order valence-corrected chi connectivity index (χ4v) is 5.43. The second-order valence-electron chi connectivity index (χ2n) is 9.75. The third-order valence-corrected chi connectivity index (χ3v) is 8.01. The van der Waals surface area contributed by atoms with Gasteiger partial charge in [-0.15, -0.1) is 0 Å². The smallest absolute Gasteiger partial charge is 0.160 e. The van der Waals surface area contributed by atoms with Crippen LogP contribution in [-0.4, -0.2) is 39.4 Å². The number of imidazole rings is 1. The monoisotopic (exact) mass is 570 g/mol. The molecule has 0 bridgehead atoms. The number of rotatable bonds is 16. The minimum atomic E-state index is -1.17. The van der Waals surface area contributed by atoms with Crippen molar-refractivity contribution in [3.63, 3.8) is 0 Å².